The number of imidazole rings is 1. The second-order valence-corrected chi connectivity index (χ2v) is 8.27. The quantitative estimate of drug-likeness (QED) is 0.749. The number of aromatic amines is 1. The summed E-state index contributed by atoms with van der Waals surface area (Å²) in [5.41, 5.74) is 0.492. The highest BCUT2D eigenvalue weighted by Gasteiger charge is 2.40. The molecular weight excluding hydrogens is 346 g/mol. The van der Waals surface area contributed by atoms with Crippen LogP contribution in [-0.2, 0) is 20.7 Å². The zero-order valence-corrected chi connectivity index (χ0v) is 17.2. The average Bonchev–Trinajstić information content (AvgIpc) is 3.25. The standard InChI is InChI=1S/C20H33N3O4/c1-14(17(24)10-6-8-15-12-21-13-22-15)18(26-5)16-9-7-11-23(16)19(25)27-20(2,3)4/h12-14,16,18H,6-11H2,1-5H3,(H,21,22)/t14-,16-,18+/m0/s1. The second-order valence-electron chi connectivity index (χ2n) is 8.27. The first kappa shape index (κ1) is 21.4. The van der Waals surface area contributed by atoms with Crippen LogP contribution >= 0.6 is 0 Å². The Morgan fingerprint density at radius 1 is 1.41 bits per heavy atom. The zero-order valence-electron chi connectivity index (χ0n) is 17.2. The molecule has 1 amide bonds. The first-order valence-corrected chi connectivity index (χ1v) is 9.75. The fourth-order valence-corrected chi connectivity index (χ4v) is 3.66. The van der Waals surface area contributed by atoms with Crippen molar-refractivity contribution in [3.05, 3.63) is 18.2 Å². The van der Waals surface area contributed by atoms with Gasteiger partial charge in [0.05, 0.1) is 18.5 Å². The van der Waals surface area contributed by atoms with Gasteiger partial charge in [-0.2, -0.15) is 0 Å². The van der Waals surface area contributed by atoms with Gasteiger partial charge in [-0.25, -0.2) is 9.78 Å². The van der Waals surface area contributed by atoms with Crippen molar-refractivity contribution in [1.82, 2.24) is 14.9 Å². The minimum Gasteiger partial charge on any atom is -0.444 e. The van der Waals surface area contributed by atoms with Crippen LogP contribution in [0.25, 0.3) is 0 Å². The molecule has 0 saturated carbocycles. The van der Waals surface area contributed by atoms with Crippen molar-refractivity contribution in [3.8, 4) is 0 Å². The van der Waals surface area contributed by atoms with Crippen molar-refractivity contribution in [2.75, 3.05) is 13.7 Å². The molecule has 7 nitrogen and oxygen atoms in total. The maximum Gasteiger partial charge on any atom is 0.410 e. The number of methoxy groups -OCH3 is 1. The third-order valence-corrected chi connectivity index (χ3v) is 5.00. The van der Waals surface area contributed by atoms with Gasteiger partial charge in [0.1, 0.15) is 11.4 Å². The Hall–Kier alpha value is -1.89. The molecule has 0 aliphatic carbocycles. The number of nitrogens with zero attached hydrogens (tertiary/aromatic N) is 2. The molecule has 1 aromatic heterocycles. The predicted octanol–water partition coefficient (Wildman–Crippen LogP) is 3.35. The van der Waals surface area contributed by atoms with E-state index in [0.29, 0.717) is 13.0 Å². The molecule has 0 aromatic carbocycles. The summed E-state index contributed by atoms with van der Waals surface area (Å²) in [5.74, 6) is -0.109. The number of Topliss-reactive ketones (excluding diaryl/α,β-unsaturated/α-hetero) is 1. The summed E-state index contributed by atoms with van der Waals surface area (Å²) >= 11 is 0. The summed E-state index contributed by atoms with van der Waals surface area (Å²) in [7, 11) is 1.62. The van der Waals surface area contributed by atoms with E-state index < -0.39 is 5.60 Å². The van der Waals surface area contributed by atoms with Crippen molar-refractivity contribution >= 4 is 11.9 Å². The third kappa shape index (κ3) is 6.06. The fraction of sp³-hybridized carbons (Fsp3) is 0.750. The SMILES string of the molecule is CO[C@H]([C@@H](C)C(=O)CCCc1cnc[nH]1)[C@@H]1CCCN1C(=O)OC(C)(C)C. The minimum atomic E-state index is -0.541. The van der Waals surface area contributed by atoms with Crippen molar-refractivity contribution in [3.63, 3.8) is 0 Å². The number of amides is 1. The van der Waals surface area contributed by atoms with Crippen LogP contribution in [0.4, 0.5) is 4.79 Å². The van der Waals surface area contributed by atoms with Crippen LogP contribution in [0.15, 0.2) is 12.5 Å². The molecule has 152 valence electrons. The van der Waals surface area contributed by atoms with Gasteiger partial charge in [-0.05, 0) is 46.5 Å². The number of carbonyl (C=O) groups is 2. The van der Waals surface area contributed by atoms with Gasteiger partial charge >= 0.3 is 6.09 Å². The van der Waals surface area contributed by atoms with Gasteiger partial charge in [0.15, 0.2) is 0 Å². The molecule has 1 aromatic rings. The number of nitrogens with one attached hydrogen (secondary N) is 1. The van der Waals surface area contributed by atoms with Crippen molar-refractivity contribution in [2.45, 2.75) is 77.5 Å². The maximum absolute atomic E-state index is 12.7. The number of hydrogen-bond acceptors (Lipinski definition) is 5. The van der Waals surface area contributed by atoms with Gasteiger partial charge in [-0.15, -0.1) is 0 Å². The summed E-state index contributed by atoms with van der Waals surface area (Å²) in [6, 6.07) is -0.128. The average molecular weight is 380 g/mol. The Bertz CT molecular complexity index is 609. The lowest BCUT2D eigenvalue weighted by molar-refractivity contribution is -0.128. The van der Waals surface area contributed by atoms with E-state index in [1.165, 1.54) is 0 Å². The molecule has 0 unspecified atom stereocenters. The van der Waals surface area contributed by atoms with Crippen molar-refractivity contribution < 1.29 is 19.1 Å². The van der Waals surface area contributed by atoms with E-state index in [9.17, 15) is 9.59 Å². The number of carbonyl (C=O) groups excluding carboxylic acids is 2. The molecule has 27 heavy (non-hydrogen) atoms. The molecule has 3 atom stereocenters. The van der Waals surface area contributed by atoms with Gasteiger partial charge in [-0.3, -0.25) is 4.79 Å². The van der Waals surface area contributed by atoms with Crippen LogP contribution in [0.1, 0.15) is 59.1 Å². The van der Waals surface area contributed by atoms with E-state index >= 15 is 0 Å². The number of ether oxygens (including phenoxy) is 2. The van der Waals surface area contributed by atoms with Gasteiger partial charge in [0.25, 0.3) is 0 Å². The molecule has 7 heteroatoms. The van der Waals surface area contributed by atoms with Gasteiger partial charge in [-0.1, -0.05) is 6.92 Å². The van der Waals surface area contributed by atoms with Crippen LogP contribution < -0.4 is 0 Å². The monoisotopic (exact) mass is 379 g/mol. The predicted molar refractivity (Wildman–Crippen MR) is 102 cm³/mol. The Morgan fingerprint density at radius 3 is 2.74 bits per heavy atom. The van der Waals surface area contributed by atoms with E-state index in [1.807, 2.05) is 27.7 Å². The highest BCUT2D eigenvalue weighted by atomic mass is 16.6. The molecule has 2 heterocycles. The van der Waals surface area contributed by atoms with Gasteiger partial charge in [0.2, 0.25) is 0 Å². The lowest BCUT2D eigenvalue weighted by atomic mass is 9.90. The summed E-state index contributed by atoms with van der Waals surface area (Å²) in [6.07, 6.45) is 6.54. The fourth-order valence-electron chi connectivity index (χ4n) is 3.66. The number of ketones is 1. The highest BCUT2D eigenvalue weighted by Crippen LogP contribution is 2.28. The second kappa shape index (κ2) is 9.35. The Kier molecular flexibility index (Phi) is 7.41. The molecule has 0 spiro atoms. The summed E-state index contributed by atoms with van der Waals surface area (Å²) in [5, 5.41) is 0. The van der Waals surface area contributed by atoms with Crippen LogP contribution in [0, 0.1) is 5.92 Å². The normalized spacial score (nSPS) is 19.7. The molecule has 1 aliphatic rings. The first-order valence-electron chi connectivity index (χ1n) is 9.75. The number of likely N-dealkylation sites (tertiary alicyclic amines) is 1. The molecule has 0 radical (unpaired) electrons. The molecular formula is C20H33N3O4. The lowest BCUT2D eigenvalue weighted by Gasteiger charge is -2.34. The van der Waals surface area contributed by atoms with Crippen LogP contribution in [0.2, 0.25) is 0 Å². The molecule has 1 fully saturated rings. The number of rotatable bonds is 8. The molecule has 0 bridgehead atoms. The molecule has 1 aliphatic heterocycles. The first-order chi connectivity index (χ1) is 12.7. The molecule has 1 saturated heterocycles. The van der Waals surface area contributed by atoms with Gasteiger partial charge < -0.3 is 19.4 Å². The summed E-state index contributed by atoms with van der Waals surface area (Å²) in [6.45, 7) is 8.11. The van der Waals surface area contributed by atoms with E-state index in [1.54, 1.807) is 24.5 Å². The van der Waals surface area contributed by atoms with Crippen LogP contribution in [-0.4, -0.2) is 58.1 Å². The maximum atomic E-state index is 12.7. The van der Waals surface area contributed by atoms with Gasteiger partial charge in [0, 0.05) is 37.9 Å². The van der Waals surface area contributed by atoms with E-state index in [0.717, 1.165) is 31.4 Å². The number of H-pyrrole nitrogens is 1. The third-order valence-electron chi connectivity index (χ3n) is 5.00. The Labute approximate surface area is 161 Å². The number of aromatic nitrogens is 2. The van der Waals surface area contributed by atoms with Crippen LogP contribution in [0.3, 0.4) is 0 Å². The number of hydrogen-bond donors (Lipinski definition) is 1. The number of aryl methyl sites for hydroxylation is 1. The summed E-state index contributed by atoms with van der Waals surface area (Å²) in [4.78, 5) is 34.0. The Morgan fingerprint density at radius 2 is 2.15 bits per heavy atom. The lowest BCUT2D eigenvalue weighted by Crippen LogP contribution is -2.49. The molecule has 2 rings (SSSR count). The van der Waals surface area contributed by atoms with E-state index in [-0.39, 0.29) is 29.9 Å². The molecule has 1 N–H and O–H groups in total. The van der Waals surface area contributed by atoms with Crippen LogP contribution in [0.5, 0.6) is 0 Å². The smallest absolute Gasteiger partial charge is 0.410 e. The topological polar surface area (TPSA) is 84.5 Å². The van der Waals surface area contributed by atoms with Crippen molar-refractivity contribution in [2.24, 2.45) is 5.92 Å². The van der Waals surface area contributed by atoms with Crippen molar-refractivity contribution in [1.29, 1.82) is 0 Å². The summed E-state index contributed by atoms with van der Waals surface area (Å²) < 4.78 is 11.2. The van der Waals surface area contributed by atoms with E-state index in [4.69, 9.17) is 9.47 Å². The Balaban J connectivity index is 1.94. The zero-order chi connectivity index (χ0) is 20.0. The van der Waals surface area contributed by atoms with E-state index in [2.05, 4.69) is 9.97 Å². The minimum absolute atomic E-state index is 0.128. The highest BCUT2D eigenvalue weighted by molar-refractivity contribution is 5.81. The largest absolute Gasteiger partial charge is 0.444 e.